The molecule has 0 fully saturated rings. The number of rotatable bonds is 5. The van der Waals surface area contributed by atoms with E-state index in [0.29, 0.717) is 12.5 Å². The molecule has 2 nitrogen and oxygen atoms in total. The van der Waals surface area contributed by atoms with Crippen molar-refractivity contribution in [2.75, 3.05) is 13.2 Å². The van der Waals surface area contributed by atoms with Crippen molar-refractivity contribution in [3.05, 3.63) is 28.2 Å². The Balaban J connectivity index is 2.57. The normalized spacial score (nSPS) is 11.9. The third kappa shape index (κ3) is 5.40. The van der Waals surface area contributed by atoms with E-state index in [1.54, 1.807) is 0 Å². The molecule has 0 aliphatic heterocycles. The molecule has 0 atom stereocenters. The molecule has 3 heteroatoms. The van der Waals surface area contributed by atoms with Gasteiger partial charge in [0.15, 0.2) is 0 Å². The highest BCUT2D eigenvalue weighted by molar-refractivity contribution is 9.10. The van der Waals surface area contributed by atoms with Gasteiger partial charge < -0.3 is 10.1 Å². The molecular weight excluding hydrogens is 290 g/mol. The van der Waals surface area contributed by atoms with Crippen molar-refractivity contribution in [1.29, 1.82) is 0 Å². The Hall–Kier alpha value is -0.540. The second kappa shape index (κ2) is 6.58. The van der Waals surface area contributed by atoms with Crippen LogP contribution >= 0.6 is 15.9 Å². The third-order valence-electron chi connectivity index (χ3n) is 2.61. The molecular formula is C15H24BrNO. The number of hydrogen-bond acceptors (Lipinski definition) is 2. The maximum atomic E-state index is 5.87. The Morgan fingerprint density at radius 2 is 1.94 bits per heavy atom. The second-order valence-corrected chi connectivity index (χ2v) is 6.78. The van der Waals surface area contributed by atoms with Crippen LogP contribution in [-0.4, -0.2) is 18.7 Å². The van der Waals surface area contributed by atoms with E-state index >= 15 is 0 Å². The first-order valence-corrected chi connectivity index (χ1v) is 7.26. The van der Waals surface area contributed by atoms with E-state index in [4.69, 9.17) is 4.74 Å². The molecule has 0 bridgehead atoms. The molecule has 1 N–H and O–H groups in total. The average Bonchev–Trinajstić information content (AvgIpc) is 2.24. The Bertz CT molecular complexity index is 383. The predicted molar refractivity (Wildman–Crippen MR) is 81.5 cm³/mol. The van der Waals surface area contributed by atoms with Crippen LogP contribution in [0, 0.1) is 0 Å². The average molecular weight is 314 g/mol. The predicted octanol–water partition coefficient (Wildman–Crippen LogP) is 4.34. The van der Waals surface area contributed by atoms with Gasteiger partial charge in [-0.25, -0.2) is 0 Å². The SMILES string of the molecule is CC(C)c1cc(Br)ccc1OCCNC(C)(C)C. The lowest BCUT2D eigenvalue weighted by Crippen LogP contribution is -2.38. The lowest BCUT2D eigenvalue weighted by Gasteiger charge is -2.21. The zero-order chi connectivity index (χ0) is 13.8. The van der Waals surface area contributed by atoms with E-state index < -0.39 is 0 Å². The summed E-state index contributed by atoms with van der Waals surface area (Å²) in [5, 5.41) is 3.42. The van der Waals surface area contributed by atoms with Gasteiger partial charge in [-0.15, -0.1) is 0 Å². The van der Waals surface area contributed by atoms with Crippen molar-refractivity contribution in [2.45, 2.75) is 46.1 Å². The van der Waals surface area contributed by atoms with Crippen molar-refractivity contribution in [1.82, 2.24) is 5.32 Å². The summed E-state index contributed by atoms with van der Waals surface area (Å²) in [5.74, 6) is 1.46. The summed E-state index contributed by atoms with van der Waals surface area (Å²) in [6.07, 6.45) is 0. The van der Waals surface area contributed by atoms with E-state index in [0.717, 1.165) is 16.8 Å². The largest absolute Gasteiger partial charge is 0.492 e. The lowest BCUT2D eigenvalue weighted by molar-refractivity contribution is 0.288. The summed E-state index contributed by atoms with van der Waals surface area (Å²) in [5.41, 5.74) is 1.39. The minimum Gasteiger partial charge on any atom is -0.492 e. The summed E-state index contributed by atoms with van der Waals surface area (Å²) in [6, 6.07) is 6.20. The first-order chi connectivity index (χ1) is 8.29. The number of nitrogens with one attached hydrogen (secondary N) is 1. The van der Waals surface area contributed by atoms with Gasteiger partial charge in [0.05, 0.1) is 0 Å². The van der Waals surface area contributed by atoms with Crippen LogP contribution in [0.2, 0.25) is 0 Å². The van der Waals surface area contributed by atoms with Crippen LogP contribution in [0.5, 0.6) is 5.75 Å². The minimum absolute atomic E-state index is 0.143. The Kier molecular flexibility index (Phi) is 5.67. The topological polar surface area (TPSA) is 21.3 Å². The zero-order valence-corrected chi connectivity index (χ0v) is 13.6. The molecule has 0 spiro atoms. The molecule has 1 rings (SSSR count). The van der Waals surface area contributed by atoms with E-state index in [9.17, 15) is 0 Å². The summed E-state index contributed by atoms with van der Waals surface area (Å²) >= 11 is 3.50. The standard InChI is InChI=1S/C15H24BrNO/c1-11(2)13-10-12(16)6-7-14(13)18-9-8-17-15(3,4)5/h6-7,10-11,17H,8-9H2,1-5H3. The number of halogens is 1. The van der Waals surface area contributed by atoms with Crippen molar-refractivity contribution < 1.29 is 4.74 Å². The van der Waals surface area contributed by atoms with Gasteiger partial charge in [-0.1, -0.05) is 29.8 Å². The third-order valence-corrected chi connectivity index (χ3v) is 3.10. The number of hydrogen-bond donors (Lipinski definition) is 1. The van der Waals surface area contributed by atoms with Crippen molar-refractivity contribution in [3.8, 4) is 5.75 Å². The van der Waals surface area contributed by atoms with E-state index in [-0.39, 0.29) is 5.54 Å². The number of ether oxygens (including phenoxy) is 1. The van der Waals surface area contributed by atoms with Gasteiger partial charge in [-0.2, -0.15) is 0 Å². The van der Waals surface area contributed by atoms with Crippen LogP contribution in [0.1, 0.15) is 46.1 Å². The fourth-order valence-corrected chi connectivity index (χ4v) is 2.07. The zero-order valence-electron chi connectivity index (χ0n) is 12.0. The van der Waals surface area contributed by atoms with E-state index in [1.165, 1.54) is 5.56 Å². The molecule has 0 aromatic heterocycles. The van der Waals surface area contributed by atoms with Crippen LogP contribution in [0.15, 0.2) is 22.7 Å². The van der Waals surface area contributed by atoms with E-state index in [2.05, 4.69) is 61.9 Å². The summed E-state index contributed by atoms with van der Waals surface area (Å²) in [6.45, 7) is 12.4. The number of benzene rings is 1. The Morgan fingerprint density at radius 3 is 2.50 bits per heavy atom. The molecule has 1 aromatic carbocycles. The molecule has 0 aliphatic carbocycles. The van der Waals surface area contributed by atoms with E-state index in [1.807, 2.05) is 12.1 Å². The van der Waals surface area contributed by atoms with Gasteiger partial charge in [0.25, 0.3) is 0 Å². The molecule has 18 heavy (non-hydrogen) atoms. The van der Waals surface area contributed by atoms with Crippen LogP contribution in [-0.2, 0) is 0 Å². The van der Waals surface area contributed by atoms with Crippen molar-refractivity contribution in [3.63, 3.8) is 0 Å². The lowest BCUT2D eigenvalue weighted by atomic mass is 10.0. The molecule has 102 valence electrons. The van der Waals surface area contributed by atoms with Gasteiger partial charge in [0.2, 0.25) is 0 Å². The fourth-order valence-electron chi connectivity index (χ4n) is 1.69. The van der Waals surface area contributed by atoms with Gasteiger partial charge >= 0.3 is 0 Å². The van der Waals surface area contributed by atoms with Crippen LogP contribution in [0.4, 0.5) is 0 Å². The second-order valence-electron chi connectivity index (χ2n) is 5.86. The highest BCUT2D eigenvalue weighted by atomic mass is 79.9. The first-order valence-electron chi connectivity index (χ1n) is 6.47. The Labute approximate surface area is 119 Å². The summed E-state index contributed by atoms with van der Waals surface area (Å²) < 4.78 is 6.97. The maximum Gasteiger partial charge on any atom is 0.122 e. The summed E-state index contributed by atoms with van der Waals surface area (Å²) in [7, 11) is 0. The minimum atomic E-state index is 0.143. The highest BCUT2D eigenvalue weighted by Gasteiger charge is 2.10. The molecule has 0 aliphatic rings. The van der Waals surface area contributed by atoms with Crippen LogP contribution < -0.4 is 10.1 Å². The molecule has 0 saturated carbocycles. The van der Waals surface area contributed by atoms with Gasteiger partial charge in [-0.3, -0.25) is 0 Å². The molecule has 0 radical (unpaired) electrons. The molecule has 0 amide bonds. The smallest absolute Gasteiger partial charge is 0.122 e. The molecule has 0 unspecified atom stereocenters. The first kappa shape index (κ1) is 15.5. The van der Waals surface area contributed by atoms with Crippen molar-refractivity contribution >= 4 is 15.9 Å². The summed E-state index contributed by atoms with van der Waals surface area (Å²) in [4.78, 5) is 0. The monoisotopic (exact) mass is 313 g/mol. The van der Waals surface area contributed by atoms with Gasteiger partial charge in [0.1, 0.15) is 12.4 Å². The fraction of sp³-hybridized carbons (Fsp3) is 0.600. The quantitative estimate of drug-likeness (QED) is 0.816. The van der Waals surface area contributed by atoms with Gasteiger partial charge in [-0.05, 0) is 50.5 Å². The van der Waals surface area contributed by atoms with Crippen molar-refractivity contribution in [2.24, 2.45) is 0 Å². The maximum absolute atomic E-state index is 5.87. The van der Waals surface area contributed by atoms with Gasteiger partial charge in [0, 0.05) is 16.6 Å². The van der Waals surface area contributed by atoms with Crippen LogP contribution in [0.3, 0.4) is 0 Å². The Morgan fingerprint density at radius 1 is 1.28 bits per heavy atom. The molecule has 0 saturated heterocycles. The molecule has 0 heterocycles. The molecule has 1 aromatic rings. The highest BCUT2D eigenvalue weighted by Crippen LogP contribution is 2.29. The van der Waals surface area contributed by atoms with Crippen LogP contribution in [0.25, 0.3) is 0 Å².